The van der Waals surface area contributed by atoms with Gasteiger partial charge in [-0.2, -0.15) is 11.8 Å². The minimum absolute atomic E-state index is 0.0741. The number of aliphatic carboxylic acids is 1. The number of carboxylic acid groups (broad SMARTS) is 1. The third kappa shape index (κ3) is 11.9. The van der Waals surface area contributed by atoms with E-state index in [1.165, 1.54) is 31.4 Å². The number of aromatic nitrogens is 2. The molecule has 3 amide bonds. The fourth-order valence-electron chi connectivity index (χ4n) is 2.95. The van der Waals surface area contributed by atoms with Crippen molar-refractivity contribution in [2.24, 2.45) is 0 Å². The van der Waals surface area contributed by atoms with Gasteiger partial charge in [0.1, 0.15) is 23.7 Å². The van der Waals surface area contributed by atoms with Gasteiger partial charge in [0.2, 0.25) is 11.8 Å². The number of rotatable bonds is 14. The van der Waals surface area contributed by atoms with E-state index < -0.39 is 53.6 Å². The van der Waals surface area contributed by atoms with Gasteiger partial charge in [-0.3, -0.25) is 14.4 Å². The number of H-pyrrole nitrogens is 1. The van der Waals surface area contributed by atoms with Gasteiger partial charge in [0.15, 0.2) is 0 Å². The van der Waals surface area contributed by atoms with E-state index >= 15 is 0 Å². The second-order valence-electron chi connectivity index (χ2n) is 8.84. The smallest absolute Gasteiger partial charge is 0.408 e. The van der Waals surface area contributed by atoms with Crippen molar-refractivity contribution in [1.82, 2.24) is 25.9 Å². The number of imidazole rings is 1. The van der Waals surface area contributed by atoms with Crippen molar-refractivity contribution < 1.29 is 38.6 Å². The molecule has 0 aliphatic heterocycles. The van der Waals surface area contributed by atoms with E-state index in [2.05, 4.69) is 30.7 Å². The number of methoxy groups -OCH3 is 1. The van der Waals surface area contributed by atoms with Crippen LogP contribution in [-0.4, -0.2) is 87.8 Å². The number of ether oxygens (including phenoxy) is 2. The first-order valence-electron chi connectivity index (χ1n) is 11.2. The van der Waals surface area contributed by atoms with Crippen molar-refractivity contribution >= 4 is 41.6 Å². The number of carboxylic acids is 1. The van der Waals surface area contributed by atoms with E-state index in [9.17, 15) is 29.1 Å². The van der Waals surface area contributed by atoms with Gasteiger partial charge in [0, 0.05) is 24.7 Å². The van der Waals surface area contributed by atoms with Gasteiger partial charge in [0.05, 0.1) is 13.4 Å². The summed E-state index contributed by atoms with van der Waals surface area (Å²) in [6.45, 7) is 5.04. The summed E-state index contributed by atoms with van der Waals surface area (Å²) in [7, 11) is 1.18. The van der Waals surface area contributed by atoms with Gasteiger partial charge in [-0.15, -0.1) is 0 Å². The molecule has 1 heterocycles. The van der Waals surface area contributed by atoms with E-state index in [1.54, 1.807) is 20.8 Å². The molecule has 3 atom stereocenters. The number of amides is 3. The van der Waals surface area contributed by atoms with Gasteiger partial charge >= 0.3 is 18.0 Å². The molecule has 0 radical (unpaired) electrons. The van der Waals surface area contributed by atoms with E-state index in [1.807, 2.05) is 6.26 Å². The summed E-state index contributed by atoms with van der Waals surface area (Å²) in [6, 6.07) is -3.61. The van der Waals surface area contributed by atoms with Crippen molar-refractivity contribution in [1.29, 1.82) is 0 Å². The van der Waals surface area contributed by atoms with E-state index in [0.717, 1.165) is 0 Å². The molecule has 0 fully saturated rings. The normalized spacial score (nSPS) is 13.6. The molecule has 5 N–H and O–H groups in total. The summed E-state index contributed by atoms with van der Waals surface area (Å²) in [5.41, 5.74) is -0.301. The molecule has 13 nitrogen and oxygen atoms in total. The first-order valence-corrected chi connectivity index (χ1v) is 12.6. The number of carbonyl (C=O) groups excluding carboxylic acids is 4. The van der Waals surface area contributed by atoms with Crippen LogP contribution >= 0.6 is 11.8 Å². The molecule has 0 saturated carbocycles. The molecular weight excluding hydrogens is 494 g/mol. The van der Waals surface area contributed by atoms with Crippen LogP contribution in [-0.2, 0) is 35.1 Å². The Hall–Kier alpha value is -3.29. The predicted molar refractivity (Wildman–Crippen MR) is 131 cm³/mol. The molecular formula is C22H35N5O8S. The molecule has 0 spiro atoms. The van der Waals surface area contributed by atoms with Crippen LogP contribution in [0.2, 0.25) is 0 Å². The SMILES string of the molecule is COC(=O)CC[C@H](NC(=O)[C@H](CCSC)NC(=O)OC(C)(C)C)C(=O)N[C@@H](Cc1cnc[nH]1)C(=O)O. The minimum Gasteiger partial charge on any atom is -0.480 e. The molecule has 36 heavy (non-hydrogen) atoms. The number of nitrogens with zero attached hydrogens (tertiary/aromatic N) is 1. The first-order chi connectivity index (χ1) is 16.9. The molecule has 0 aliphatic rings. The first kappa shape index (κ1) is 30.7. The fourth-order valence-corrected chi connectivity index (χ4v) is 3.42. The summed E-state index contributed by atoms with van der Waals surface area (Å²) >= 11 is 1.46. The Labute approximate surface area is 213 Å². The molecule has 0 bridgehead atoms. The van der Waals surface area contributed by atoms with Gasteiger partial charge in [0.25, 0.3) is 0 Å². The number of carbonyl (C=O) groups is 5. The van der Waals surface area contributed by atoms with Crippen LogP contribution in [0.15, 0.2) is 12.5 Å². The highest BCUT2D eigenvalue weighted by molar-refractivity contribution is 7.98. The summed E-state index contributed by atoms with van der Waals surface area (Å²) < 4.78 is 9.83. The number of thioether (sulfide) groups is 1. The second-order valence-corrected chi connectivity index (χ2v) is 9.82. The summed E-state index contributed by atoms with van der Waals surface area (Å²) in [5.74, 6) is -2.86. The maximum atomic E-state index is 13.0. The number of hydrogen-bond donors (Lipinski definition) is 5. The Morgan fingerprint density at radius 2 is 1.67 bits per heavy atom. The average molecular weight is 530 g/mol. The Morgan fingerprint density at radius 3 is 2.17 bits per heavy atom. The lowest BCUT2D eigenvalue weighted by molar-refractivity contribution is -0.143. The van der Waals surface area contributed by atoms with Crippen molar-refractivity contribution in [3.63, 3.8) is 0 Å². The zero-order valence-electron chi connectivity index (χ0n) is 21.1. The fraction of sp³-hybridized carbons (Fsp3) is 0.636. The lowest BCUT2D eigenvalue weighted by Gasteiger charge is -2.25. The molecule has 14 heteroatoms. The van der Waals surface area contributed by atoms with Gasteiger partial charge in [-0.1, -0.05) is 0 Å². The number of hydrogen-bond acceptors (Lipinski definition) is 9. The van der Waals surface area contributed by atoms with Crippen molar-refractivity contribution in [3.05, 3.63) is 18.2 Å². The highest BCUT2D eigenvalue weighted by atomic mass is 32.2. The van der Waals surface area contributed by atoms with E-state index in [-0.39, 0.29) is 25.7 Å². The number of nitrogens with one attached hydrogen (secondary N) is 4. The minimum atomic E-state index is -1.32. The van der Waals surface area contributed by atoms with Gasteiger partial charge in [-0.25, -0.2) is 14.6 Å². The molecule has 0 aliphatic carbocycles. The van der Waals surface area contributed by atoms with Crippen molar-refractivity contribution in [3.8, 4) is 0 Å². The molecule has 1 aromatic rings. The molecule has 1 aromatic heterocycles. The zero-order valence-corrected chi connectivity index (χ0v) is 21.9. The van der Waals surface area contributed by atoms with E-state index in [4.69, 9.17) is 4.74 Å². The zero-order chi connectivity index (χ0) is 27.3. The number of alkyl carbamates (subject to hydrolysis) is 1. The summed E-state index contributed by atoms with van der Waals surface area (Å²) in [5, 5.41) is 17.0. The molecule has 0 unspecified atom stereocenters. The molecule has 0 saturated heterocycles. The topological polar surface area (TPSA) is 189 Å². The standard InChI is InChI=1S/C22H35N5O8S/c1-22(2,3)35-21(33)27-15(8-9-36-5)19(30)25-14(6-7-17(28)34-4)18(29)26-16(20(31)32)10-13-11-23-12-24-13/h11-12,14-16H,6-10H2,1-5H3,(H,23,24)(H,25,30)(H,26,29)(H,27,33)(H,31,32)/t14-,15-,16-/m0/s1. The van der Waals surface area contributed by atoms with Crippen molar-refractivity contribution in [2.75, 3.05) is 19.1 Å². The van der Waals surface area contributed by atoms with Crippen LogP contribution < -0.4 is 16.0 Å². The number of aromatic amines is 1. The highest BCUT2D eigenvalue weighted by Gasteiger charge is 2.31. The maximum Gasteiger partial charge on any atom is 0.408 e. The second kappa shape index (κ2) is 15.0. The van der Waals surface area contributed by atoms with Crippen LogP contribution in [0.3, 0.4) is 0 Å². The Balaban J connectivity index is 3.01. The molecule has 202 valence electrons. The largest absolute Gasteiger partial charge is 0.480 e. The third-order valence-electron chi connectivity index (χ3n) is 4.71. The lowest BCUT2D eigenvalue weighted by atomic mass is 10.1. The van der Waals surface area contributed by atoms with Crippen LogP contribution in [0, 0.1) is 0 Å². The molecule has 1 rings (SSSR count). The Bertz CT molecular complexity index is 887. The quantitative estimate of drug-likeness (QED) is 0.213. The van der Waals surface area contributed by atoms with Gasteiger partial charge in [-0.05, 0) is 45.6 Å². The van der Waals surface area contributed by atoms with Crippen LogP contribution in [0.25, 0.3) is 0 Å². The highest BCUT2D eigenvalue weighted by Crippen LogP contribution is 2.10. The molecule has 0 aromatic carbocycles. The summed E-state index contributed by atoms with van der Waals surface area (Å²) in [4.78, 5) is 68.2. The monoisotopic (exact) mass is 529 g/mol. The predicted octanol–water partition coefficient (Wildman–Crippen LogP) is 0.606. The van der Waals surface area contributed by atoms with E-state index in [0.29, 0.717) is 11.4 Å². The Morgan fingerprint density at radius 1 is 1.06 bits per heavy atom. The van der Waals surface area contributed by atoms with Crippen LogP contribution in [0.5, 0.6) is 0 Å². The number of esters is 1. The third-order valence-corrected chi connectivity index (χ3v) is 5.35. The van der Waals surface area contributed by atoms with Gasteiger partial charge < -0.3 is 35.5 Å². The van der Waals surface area contributed by atoms with Crippen LogP contribution in [0.1, 0.15) is 45.7 Å². The maximum absolute atomic E-state index is 13.0. The summed E-state index contributed by atoms with van der Waals surface area (Å²) in [6.07, 6.45) is 3.65. The lowest BCUT2D eigenvalue weighted by Crippen LogP contribution is -2.56. The average Bonchev–Trinajstić information content (AvgIpc) is 3.30. The Kier molecular flexibility index (Phi) is 12.8. The van der Waals surface area contributed by atoms with Crippen molar-refractivity contribution in [2.45, 2.75) is 70.2 Å². The van der Waals surface area contributed by atoms with Crippen LogP contribution in [0.4, 0.5) is 4.79 Å².